The standard InChI is InChI=1S/C27H27N3O3/c1-18(2)30(17-20-9-7-8-14-28-20)27(31)22-16-24(29-23-11-6-5-10-21(22)23)19-12-13-25(32-3)26(15-19)33-4/h5-16,18H,17H2,1-4H3. The van der Waals surface area contributed by atoms with Crippen LogP contribution in [0.25, 0.3) is 22.2 Å². The lowest BCUT2D eigenvalue weighted by Gasteiger charge is -2.27. The molecule has 4 aromatic rings. The van der Waals surface area contributed by atoms with Crippen LogP contribution in [0.15, 0.2) is 72.9 Å². The van der Waals surface area contributed by atoms with Crippen LogP contribution in [0.3, 0.4) is 0 Å². The minimum atomic E-state index is -0.0593. The molecule has 0 saturated carbocycles. The molecule has 0 aliphatic carbocycles. The second-order valence-corrected chi connectivity index (χ2v) is 7.99. The average molecular weight is 442 g/mol. The first-order chi connectivity index (χ1) is 16.0. The molecule has 2 heterocycles. The Balaban J connectivity index is 1.82. The summed E-state index contributed by atoms with van der Waals surface area (Å²) in [5, 5.41) is 0.818. The molecule has 0 atom stereocenters. The first kappa shape index (κ1) is 22.3. The second-order valence-electron chi connectivity index (χ2n) is 7.99. The van der Waals surface area contributed by atoms with Gasteiger partial charge in [-0.2, -0.15) is 0 Å². The molecule has 0 spiro atoms. The summed E-state index contributed by atoms with van der Waals surface area (Å²) in [6, 6.07) is 20.9. The van der Waals surface area contributed by atoms with Crippen LogP contribution in [0.2, 0.25) is 0 Å². The van der Waals surface area contributed by atoms with Crippen LogP contribution in [-0.2, 0) is 6.54 Å². The third kappa shape index (κ3) is 4.65. The van der Waals surface area contributed by atoms with Gasteiger partial charge in [0.1, 0.15) is 0 Å². The van der Waals surface area contributed by atoms with Crippen LogP contribution in [0.1, 0.15) is 29.9 Å². The summed E-state index contributed by atoms with van der Waals surface area (Å²) in [6.45, 7) is 4.46. The lowest BCUT2D eigenvalue weighted by Crippen LogP contribution is -2.36. The van der Waals surface area contributed by atoms with Gasteiger partial charge in [0, 0.05) is 23.2 Å². The average Bonchev–Trinajstić information content (AvgIpc) is 2.86. The molecule has 0 fully saturated rings. The molecule has 6 nitrogen and oxygen atoms in total. The molecule has 33 heavy (non-hydrogen) atoms. The van der Waals surface area contributed by atoms with Crippen molar-refractivity contribution < 1.29 is 14.3 Å². The van der Waals surface area contributed by atoms with Gasteiger partial charge in [-0.3, -0.25) is 9.78 Å². The number of methoxy groups -OCH3 is 2. The molecule has 0 N–H and O–H groups in total. The van der Waals surface area contributed by atoms with E-state index < -0.39 is 0 Å². The molecule has 168 valence electrons. The summed E-state index contributed by atoms with van der Waals surface area (Å²) < 4.78 is 10.8. The summed E-state index contributed by atoms with van der Waals surface area (Å²) in [7, 11) is 3.20. The minimum Gasteiger partial charge on any atom is -0.493 e. The van der Waals surface area contributed by atoms with Crippen molar-refractivity contribution in [3.63, 3.8) is 0 Å². The van der Waals surface area contributed by atoms with E-state index in [-0.39, 0.29) is 11.9 Å². The highest BCUT2D eigenvalue weighted by atomic mass is 16.5. The smallest absolute Gasteiger partial charge is 0.255 e. The fourth-order valence-electron chi connectivity index (χ4n) is 3.81. The fraction of sp³-hybridized carbons (Fsp3) is 0.222. The summed E-state index contributed by atoms with van der Waals surface area (Å²) in [4.78, 5) is 24.9. The van der Waals surface area contributed by atoms with Crippen molar-refractivity contribution in [2.75, 3.05) is 14.2 Å². The second kappa shape index (κ2) is 9.69. The topological polar surface area (TPSA) is 64.5 Å². The van der Waals surface area contributed by atoms with Gasteiger partial charge in [-0.15, -0.1) is 0 Å². The van der Waals surface area contributed by atoms with E-state index in [1.807, 2.05) is 85.5 Å². The van der Waals surface area contributed by atoms with E-state index in [1.54, 1.807) is 20.4 Å². The van der Waals surface area contributed by atoms with Gasteiger partial charge in [0.15, 0.2) is 11.5 Å². The summed E-state index contributed by atoms with van der Waals surface area (Å²) in [6.07, 6.45) is 1.75. The molecular formula is C27H27N3O3. The number of benzene rings is 2. The van der Waals surface area contributed by atoms with Crippen molar-refractivity contribution in [1.29, 1.82) is 0 Å². The Morgan fingerprint density at radius 1 is 0.939 bits per heavy atom. The van der Waals surface area contributed by atoms with Gasteiger partial charge in [0.05, 0.1) is 43.2 Å². The van der Waals surface area contributed by atoms with Gasteiger partial charge in [-0.05, 0) is 56.3 Å². The number of fused-ring (bicyclic) bond motifs is 1. The SMILES string of the molecule is COc1ccc(-c2cc(C(=O)N(Cc3ccccn3)C(C)C)c3ccccc3n2)cc1OC. The number of hydrogen-bond acceptors (Lipinski definition) is 5. The maximum Gasteiger partial charge on any atom is 0.255 e. The van der Waals surface area contributed by atoms with Crippen LogP contribution in [0.5, 0.6) is 11.5 Å². The zero-order valence-electron chi connectivity index (χ0n) is 19.3. The maximum atomic E-state index is 13.8. The Labute approximate surface area is 193 Å². The number of ether oxygens (including phenoxy) is 2. The molecule has 0 aliphatic heterocycles. The molecule has 0 bridgehead atoms. The molecule has 1 amide bonds. The minimum absolute atomic E-state index is 0.00374. The van der Waals surface area contributed by atoms with E-state index in [9.17, 15) is 4.79 Å². The molecule has 0 aliphatic rings. The van der Waals surface area contributed by atoms with Gasteiger partial charge in [0.25, 0.3) is 5.91 Å². The Bertz CT molecular complexity index is 1270. The Morgan fingerprint density at radius 3 is 2.39 bits per heavy atom. The maximum absolute atomic E-state index is 13.8. The van der Waals surface area contributed by atoms with Crippen molar-refractivity contribution in [3.05, 3.63) is 84.2 Å². The number of carbonyl (C=O) groups excluding carboxylic acids is 1. The highest BCUT2D eigenvalue weighted by molar-refractivity contribution is 6.07. The monoisotopic (exact) mass is 441 g/mol. The molecule has 2 aromatic carbocycles. The molecular weight excluding hydrogens is 414 g/mol. The van der Waals surface area contributed by atoms with E-state index >= 15 is 0 Å². The lowest BCUT2D eigenvalue weighted by molar-refractivity contribution is 0.0690. The number of rotatable bonds is 7. The number of para-hydroxylation sites is 1. The van der Waals surface area contributed by atoms with Gasteiger partial charge in [-0.1, -0.05) is 24.3 Å². The molecule has 4 rings (SSSR count). The van der Waals surface area contributed by atoms with Crippen LogP contribution in [0.4, 0.5) is 0 Å². The van der Waals surface area contributed by atoms with Gasteiger partial charge in [-0.25, -0.2) is 4.98 Å². The quantitative estimate of drug-likeness (QED) is 0.386. The highest BCUT2D eigenvalue weighted by Gasteiger charge is 2.23. The van der Waals surface area contributed by atoms with E-state index in [1.165, 1.54) is 0 Å². The van der Waals surface area contributed by atoms with E-state index in [4.69, 9.17) is 14.5 Å². The fourth-order valence-corrected chi connectivity index (χ4v) is 3.81. The first-order valence-corrected chi connectivity index (χ1v) is 10.8. The number of pyridine rings is 2. The van der Waals surface area contributed by atoms with Crippen molar-refractivity contribution >= 4 is 16.8 Å². The number of hydrogen-bond donors (Lipinski definition) is 0. The van der Waals surface area contributed by atoms with E-state index in [0.29, 0.717) is 29.3 Å². The Morgan fingerprint density at radius 2 is 1.70 bits per heavy atom. The largest absolute Gasteiger partial charge is 0.493 e. The molecule has 0 radical (unpaired) electrons. The Hall–Kier alpha value is -3.93. The van der Waals surface area contributed by atoms with Gasteiger partial charge in [0.2, 0.25) is 0 Å². The number of nitrogens with zero attached hydrogens (tertiary/aromatic N) is 3. The summed E-state index contributed by atoms with van der Waals surface area (Å²) >= 11 is 0. The molecule has 0 unspecified atom stereocenters. The van der Waals surface area contributed by atoms with Crippen LogP contribution >= 0.6 is 0 Å². The number of carbonyl (C=O) groups is 1. The predicted molar refractivity (Wildman–Crippen MR) is 130 cm³/mol. The van der Waals surface area contributed by atoms with E-state index in [2.05, 4.69) is 4.98 Å². The summed E-state index contributed by atoms with van der Waals surface area (Å²) in [5.74, 6) is 1.19. The van der Waals surface area contributed by atoms with Crippen molar-refractivity contribution in [1.82, 2.24) is 14.9 Å². The summed E-state index contributed by atoms with van der Waals surface area (Å²) in [5.41, 5.74) is 3.75. The predicted octanol–water partition coefficient (Wildman–Crippen LogP) is 5.36. The lowest BCUT2D eigenvalue weighted by atomic mass is 10.0. The number of amides is 1. The van der Waals surface area contributed by atoms with Crippen molar-refractivity contribution in [2.45, 2.75) is 26.4 Å². The van der Waals surface area contributed by atoms with Gasteiger partial charge >= 0.3 is 0 Å². The van der Waals surface area contributed by atoms with Crippen molar-refractivity contribution in [3.8, 4) is 22.8 Å². The molecule has 0 saturated heterocycles. The van der Waals surface area contributed by atoms with Gasteiger partial charge < -0.3 is 14.4 Å². The zero-order valence-corrected chi connectivity index (χ0v) is 19.3. The zero-order chi connectivity index (χ0) is 23.4. The highest BCUT2D eigenvalue weighted by Crippen LogP contribution is 2.33. The van der Waals surface area contributed by atoms with Crippen LogP contribution in [-0.4, -0.2) is 41.0 Å². The first-order valence-electron chi connectivity index (χ1n) is 10.8. The molecule has 2 aromatic heterocycles. The third-order valence-electron chi connectivity index (χ3n) is 5.57. The number of aromatic nitrogens is 2. The normalized spacial score (nSPS) is 10.9. The Kier molecular flexibility index (Phi) is 6.54. The van der Waals surface area contributed by atoms with Crippen LogP contribution in [0, 0.1) is 0 Å². The third-order valence-corrected chi connectivity index (χ3v) is 5.57. The van der Waals surface area contributed by atoms with Crippen molar-refractivity contribution in [2.24, 2.45) is 0 Å². The van der Waals surface area contributed by atoms with E-state index in [0.717, 1.165) is 22.2 Å². The molecule has 6 heteroatoms. The van der Waals surface area contributed by atoms with Crippen LogP contribution < -0.4 is 9.47 Å².